The minimum atomic E-state index is -0.199. The summed E-state index contributed by atoms with van der Waals surface area (Å²) < 4.78 is 5.18. The van der Waals surface area contributed by atoms with Crippen molar-refractivity contribution >= 4 is 22.4 Å². The molecule has 1 atom stereocenters. The Bertz CT molecular complexity index is 722. The lowest BCUT2D eigenvalue weighted by Gasteiger charge is -2.13. The highest BCUT2D eigenvalue weighted by atomic mass is 32.1. The number of thiazole rings is 1. The van der Waals surface area contributed by atoms with Crippen molar-refractivity contribution in [3.63, 3.8) is 0 Å². The average Bonchev–Trinajstić information content (AvgIpc) is 3.04. The number of anilines is 1. The second-order valence-electron chi connectivity index (χ2n) is 4.79. The SMILES string of the molecule is COC1=CCC(c2csc(NC(=O)c3cccnc3)n2)C=C1. The third kappa shape index (κ3) is 3.23. The summed E-state index contributed by atoms with van der Waals surface area (Å²) in [5.41, 5.74) is 1.47. The van der Waals surface area contributed by atoms with Crippen LogP contribution in [0, 0.1) is 0 Å². The summed E-state index contributed by atoms with van der Waals surface area (Å²) in [4.78, 5) is 20.5. The highest BCUT2D eigenvalue weighted by Crippen LogP contribution is 2.29. The smallest absolute Gasteiger partial charge is 0.259 e. The average molecular weight is 313 g/mol. The quantitative estimate of drug-likeness (QED) is 0.940. The number of aromatic nitrogens is 2. The molecule has 0 fully saturated rings. The zero-order valence-corrected chi connectivity index (χ0v) is 12.8. The van der Waals surface area contributed by atoms with Crippen LogP contribution in [0.2, 0.25) is 0 Å². The zero-order chi connectivity index (χ0) is 15.4. The van der Waals surface area contributed by atoms with Crippen LogP contribution >= 0.6 is 11.3 Å². The fourth-order valence-electron chi connectivity index (χ4n) is 2.15. The Kier molecular flexibility index (Phi) is 4.29. The van der Waals surface area contributed by atoms with E-state index >= 15 is 0 Å². The first-order valence-corrected chi connectivity index (χ1v) is 7.73. The number of nitrogens with zero attached hydrogens (tertiary/aromatic N) is 2. The van der Waals surface area contributed by atoms with Gasteiger partial charge in [0, 0.05) is 23.7 Å². The summed E-state index contributed by atoms with van der Waals surface area (Å²) in [6.07, 6.45) is 10.1. The van der Waals surface area contributed by atoms with Gasteiger partial charge in [0.05, 0.1) is 18.4 Å². The number of hydrogen-bond donors (Lipinski definition) is 1. The van der Waals surface area contributed by atoms with Gasteiger partial charge in [0.15, 0.2) is 5.13 Å². The molecule has 1 N–H and O–H groups in total. The molecule has 2 heterocycles. The van der Waals surface area contributed by atoms with E-state index in [1.165, 1.54) is 17.5 Å². The number of rotatable bonds is 4. The summed E-state index contributed by atoms with van der Waals surface area (Å²) in [6, 6.07) is 3.45. The second kappa shape index (κ2) is 6.53. The maximum absolute atomic E-state index is 12.1. The van der Waals surface area contributed by atoms with Crippen molar-refractivity contribution in [2.45, 2.75) is 12.3 Å². The van der Waals surface area contributed by atoms with Gasteiger partial charge in [0.2, 0.25) is 0 Å². The Balaban J connectivity index is 1.66. The Morgan fingerprint density at radius 1 is 1.50 bits per heavy atom. The third-order valence-corrected chi connectivity index (χ3v) is 4.12. The Hall–Kier alpha value is -2.47. The summed E-state index contributed by atoms with van der Waals surface area (Å²) in [7, 11) is 1.66. The van der Waals surface area contributed by atoms with Gasteiger partial charge in [-0.25, -0.2) is 4.98 Å². The summed E-state index contributed by atoms with van der Waals surface area (Å²) in [5, 5.41) is 5.37. The molecule has 0 bridgehead atoms. The number of nitrogens with one attached hydrogen (secondary N) is 1. The first-order valence-electron chi connectivity index (χ1n) is 6.85. The molecule has 1 unspecified atom stereocenters. The van der Waals surface area contributed by atoms with E-state index in [-0.39, 0.29) is 11.8 Å². The first-order chi connectivity index (χ1) is 10.8. The molecule has 0 spiro atoms. The maximum Gasteiger partial charge on any atom is 0.259 e. The minimum absolute atomic E-state index is 0.199. The third-order valence-electron chi connectivity index (χ3n) is 3.35. The lowest BCUT2D eigenvalue weighted by atomic mass is 9.97. The standard InChI is InChI=1S/C16H15N3O2S/c1-21-13-6-4-11(5-7-13)14-10-22-16(18-14)19-15(20)12-3-2-8-17-9-12/h2-4,6-11H,5H2,1H3,(H,18,19,20). The number of allylic oxidation sites excluding steroid dienone is 3. The molecule has 6 heteroatoms. The summed E-state index contributed by atoms with van der Waals surface area (Å²) in [6.45, 7) is 0. The van der Waals surface area contributed by atoms with Crippen LogP contribution in [-0.4, -0.2) is 23.0 Å². The van der Waals surface area contributed by atoms with Gasteiger partial charge in [-0.05, 0) is 30.7 Å². The van der Waals surface area contributed by atoms with Crippen molar-refractivity contribution in [1.82, 2.24) is 9.97 Å². The molecule has 2 aromatic heterocycles. The maximum atomic E-state index is 12.1. The number of carbonyl (C=O) groups is 1. The number of amides is 1. The van der Waals surface area contributed by atoms with Crippen LogP contribution in [0.3, 0.4) is 0 Å². The lowest BCUT2D eigenvalue weighted by molar-refractivity contribution is 0.102. The molecular weight excluding hydrogens is 298 g/mol. The highest BCUT2D eigenvalue weighted by molar-refractivity contribution is 7.14. The van der Waals surface area contributed by atoms with E-state index in [0.717, 1.165) is 17.9 Å². The van der Waals surface area contributed by atoms with Crippen molar-refractivity contribution in [2.24, 2.45) is 0 Å². The molecule has 0 aliphatic heterocycles. The number of pyridine rings is 1. The van der Waals surface area contributed by atoms with Crippen molar-refractivity contribution < 1.29 is 9.53 Å². The van der Waals surface area contributed by atoms with Gasteiger partial charge in [-0.2, -0.15) is 0 Å². The largest absolute Gasteiger partial charge is 0.497 e. The van der Waals surface area contributed by atoms with E-state index in [1.807, 2.05) is 17.5 Å². The molecule has 1 aliphatic rings. The number of ether oxygens (including phenoxy) is 1. The monoisotopic (exact) mass is 313 g/mol. The molecule has 0 aromatic carbocycles. The van der Waals surface area contributed by atoms with Crippen LogP contribution in [-0.2, 0) is 4.74 Å². The molecule has 0 saturated carbocycles. The lowest BCUT2D eigenvalue weighted by Crippen LogP contribution is -2.12. The van der Waals surface area contributed by atoms with Crippen LogP contribution in [0.25, 0.3) is 0 Å². The van der Waals surface area contributed by atoms with Gasteiger partial charge >= 0.3 is 0 Å². The van der Waals surface area contributed by atoms with Crippen molar-refractivity contribution in [3.8, 4) is 0 Å². The van der Waals surface area contributed by atoms with Crippen molar-refractivity contribution in [2.75, 3.05) is 12.4 Å². The molecule has 1 aliphatic carbocycles. The van der Waals surface area contributed by atoms with E-state index in [4.69, 9.17) is 4.74 Å². The fourth-order valence-corrected chi connectivity index (χ4v) is 2.92. The molecule has 22 heavy (non-hydrogen) atoms. The Morgan fingerprint density at radius 3 is 3.09 bits per heavy atom. The normalized spacial score (nSPS) is 17.0. The zero-order valence-electron chi connectivity index (χ0n) is 12.0. The fraction of sp³-hybridized carbons (Fsp3) is 0.188. The molecular formula is C16H15N3O2S. The van der Waals surface area contributed by atoms with Gasteiger partial charge in [0.1, 0.15) is 5.76 Å². The Labute approximate surface area is 132 Å². The molecule has 0 saturated heterocycles. The minimum Gasteiger partial charge on any atom is -0.497 e. The number of carbonyl (C=O) groups excluding carboxylic acids is 1. The predicted molar refractivity (Wildman–Crippen MR) is 85.9 cm³/mol. The molecule has 2 aromatic rings. The van der Waals surface area contributed by atoms with E-state index in [0.29, 0.717) is 10.7 Å². The van der Waals surface area contributed by atoms with Crippen molar-refractivity contribution in [3.05, 3.63) is 65.2 Å². The molecule has 112 valence electrons. The van der Waals surface area contributed by atoms with E-state index in [2.05, 4.69) is 21.4 Å². The molecule has 0 radical (unpaired) electrons. The van der Waals surface area contributed by atoms with Gasteiger partial charge in [-0.15, -0.1) is 11.3 Å². The number of methoxy groups -OCH3 is 1. The van der Waals surface area contributed by atoms with Crippen LogP contribution in [0.1, 0.15) is 28.4 Å². The van der Waals surface area contributed by atoms with Crippen LogP contribution in [0.4, 0.5) is 5.13 Å². The van der Waals surface area contributed by atoms with Gasteiger partial charge in [-0.1, -0.05) is 6.08 Å². The predicted octanol–water partition coefficient (Wildman–Crippen LogP) is 3.36. The number of hydrogen-bond acceptors (Lipinski definition) is 5. The van der Waals surface area contributed by atoms with E-state index < -0.39 is 0 Å². The van der Waals surface area contributed by atoms with Gasteiger partial charge < -0.3 is 4.74 Å². The van der Waals surface area contributed by atoms with E-state index in [1.54, 1.807) is 25.4 Å². The second-order valence-corrected chi connectivity index (χ2v) is 5.64. The topological polar surface area (TPSA) is 64.1 Å². The first kappa shape index (κ1) is 14.5. The van der Waals surface area contributed by atoms with Crippen LogP contribution in [0.15, 0.2) is 53.9 Å². The summed E-state index contributed by atoms with van der Waals surface area (Å²) in [5.74, 6) is 0.894. The Morgan fingerprint density at radius 2 is 2.41 bits per heavy atom. The van der Waals surface area contributed by atoms with Crippen LogP contribution < -0.4 is 5.32 Å². The molecule has 1 amide bonds. The highest BCUT2D eigenvalue weighted by Gasteiger charge is 2.16. The van der Waals surface area contributed by atoms with Gasteiger partial charge in [0.25, 0.3) is 5.91 Å². The van der Waals surface area contributed by atoms with Gasteiger partial charge in [-0.3, -0.25) is 15.1 Å². The molecule has 3 rings (SSSR count). The summed E-state index contributed by atoms with van der Waals surface area (Å²) >= 11 is 1.42. The van der Waals surface area contributed by atoms with E-state index in [9.17, 15) is 4.79 Å². The van der Waals surface area contributed by atoms with Crippen molar-refractivity contribution in [1.29, 1.82) is 0 Å². The molecule has 5 nitrogen and oxygen atoms in total. The van der Waals surface area contributed by atoms with Crippen LogP contribution in [0.5, 0.6) is 0 Å².